The maximum absolute atomic E-state index is 11.1. The van der Waals surface area contributed by atoms with Crippen LogP contribution in [0.2, 0.25) is 0 Å². The molecule has 0 heterocycles. The Labute approximate surface area is 87.7 Å². The third-order valence-corrected chi connectivity index (χ3v) is 3.08. The van der Waals surface area contributed by atoms with Crippen molar-refractivity contribution in [3.63, 3.8) is 0 Å². The molecule has 0 aliphatic carbocycles. The van der Waals surface area contributed by atoms with Crippen molar-refractivity contribution in [2.45, 2.75) is 25.8 Å². The highest BCUT2D eigenvalue weighted by atomic mass is 32.2. The number of nitrogens with two attached hydrogens (primary N) is 1. The Morgan fingerprint density at radius 2 is 2.00 bits per heavy atom. The van der Waals surface area contributed by atoms with E-state index in [1.807, 2.05) is 4.72 Å². The van der Waals surface area contributed by atoms with E-state index >= 15 is 0 Å². The highest BCUT2D eigenvalue weighted by Gasteiger charge is 2.22. The number of primary amides is 1. The maximum atomic E-state index is 11.1. The van der Waals surface area contributed by atoms with Crippen LogP contribution in [0.3, 0.4) is 0 Å². The van der Waals surface area contributed by atoms with Crippen LogP contribution in [0.15, 0.2) is 0 Å². The van der Waals surface area contributed by atoms with Gasteiger partial charge in [-0.1, -0.05) is 0 Å². The lowest BCUT2D eigenvalue weighted by molar-refractivity contribution is -0.139. The molecule has 4 N–H and O–H groups in total. The van der Waals surface area contributed by atoms with E-state index in [0.29, 0.717) is 0 Å². The number of carbonyl (C=O) groups excluding carboxylic acids is 1. The van der Waals surface area contributed by atoms with Gasteiger partial charge in [0.05, 0.1) is 5.75 Å². The molecule has 0 radical (unpaired) electrons. The molecule has 0 unspecified atom stereocenters. The predicted octanol–water partition coefficient (Wildman–Crippen LogP) is -1.36. The molecule has 0 aromatic carbocycles. The molecule has 7 nitrogen and oxygen atoms in total. The minimum Gasteiger partial charge on any atom is -0.480 e. The molecular weight excluding hydrogens is 224 g/mol. The Morgan fingerprint density at radius 1 is 1.47 bits per heavy atom. The lowest BCUT2D eigenvalue weighted by Crippen LogP contribution is -2.42. The normalized spacial score (nSPS) is 13.4. The van der Waals surface area contributed by atoms with Gasteiger partial charge in [-0.05, 0) is 13.3 Å². The van der Waals surface area contributed by atoms with Crippen LogP contribution in [0.4, 0.5) is 0 Å². The van der Waals surface area contributed by atoms with Crippen LogP contribution in [0.1, 0.15) is 19.8 Å². The number of hydrogen-bond acceptors (Lipinski definition) is 4. The molecule has 0 saturated carbocycles. The quantitative estimate of drug-likeness (QED) is 0.505. The van der Waals surface area contributed by atoms with E-state index in [2.05, 4.69) is 0 Å². The van der Waals surface area contributed by atoms with Gasteiger partial charge in [0.15, 0.2) is 0 Å². The molecule has 1 atom stereocenters. The number of carbonyl (C=O) groups is 2. The average Bonchev–Trinajstić information content (AvgIpc) is 2.11. The molecule has 0 bridgehead atoms. The first-order valence-electron chi connectivity index (χ1n) is 4.29. The van der Waals surface area contributed by atoms with Gasteiger partial charge in [0, 0.05) is 6.42 Å². The number of rotatable bonds is 7. The fraction of sp³-hybridized carbons (Fsp3) is 0.714. The summed E-state index contributed by atoms with van der Waals surface area (Å²) in [7, 11) is -3.59. The van der Waals surface area contributed by atoms with E-state index in [0.717, 1.165) is 0 Å². The predicted molar refractivity (Wildman–Crippen MR) is 52.4 cm³/mol. The molecule has 0 aromatic rings. The van der Waals surface area contributed by atoms with E-state index in [4.69, 9.17) is 10.8 Å². The molecule has 15 heavy (non-hydrogen) atoms. The molecule has 0 rings (SSSR count). The Hall–Kier alpha value is -1.15. The van der Waals surface area contributed by atoms with Crippen molar-refractivity contribution in [2.75, 3.05) is 5.75 Å². The number of sulfonamides is 1. The minimum atomic E-state index is -3.59. The van der Waals surface area contributed by atoms with Gasteiger partial charge in [-0.25, -0.2) is 13.1 Å². The first kappa shape index (κ1) is 13.8. The molecule has 0 aliphatic rings. The Kier molecular flexibility index (Phi) is 5.23. The standard InChI is InChI=1S/C7H14N2O5S/c1-2-15(13,14)9-5(7(11)12)3-4-6(8)10/h5,9H,2-4H2,1H3,(H2,8,10)(H,11,12)/t5-/m1/s1. The number of amides is 1. The molecule has 0 aliphatic heterocycles. The molecule has 8 heteroatoms. The van der Waals surface area contributed by atoms with Crippen molar-refractivity contribution in [1.82, 2.24) is 4.72 Å². The lowest BCUT2D eigenvalue weighted by Gasteiger charge is -2.12. The van der Waals surface area contributed by atoms with E-state index in [1.54, 1.807) is 0 Å². The fourth-order valence-electron chi connectivity index (χ4n) is 0.819. The van der Waals surface area contributed by atoms with Crippen LogP contribution in [0, 0.1) is 0 Å². The third-order valence-electron chi connectivity index (χ3n) is 1.68. The molecule has 0 spiro atoms. The van der Waals surface area contributed by atoms with Crippen molar-refractivity contribution in [1.29, 1.82) is 0 Å². The van der Waals surface area contributed by atoms with E-state index < -0.39 is 27.9 Å². The Morgan fingerprint density at radius 3 is 2.33 bits per heavy atom. The van der Waals surface area contributed by atoms with E-state index in [-0.39, 0.29) is 18.6 Å². The van der Waals surface area contributed by atoms with Crippen molar-refractivity contribution in [3.8, 4) is 0 Å². The Balaban J connectivity index is 4.42. The molecule has 1 amide bonds. The highest BCUT2D eigenvalue weighted by Crippen LogP contribution is 1.99. The SMILES string of the molecule is CCS(=O)(=O)N[C@H](CCC(N)=O)C(=O)O. The number of hydrogen-bond donors (Lipinski definition) is 3. The summed E-state index contributed by atoms with van der Waals surface area (Å²) in [4.78, 5) is 21.0. The van der Waals surface area contributed by atoms with Crippen molar-refractivity contribution < 1.29 is 23.1 Å². The van der Waals surface area contributed by atoms with Crippen molar-refractivity contribution in [2.24, 2.45) is 5.73 Å². The molecular formula is C7H14N2O5S. The summed E-state index contributed by atoms with van der Waals surface area (Å²) in [6.07, 6.45) is -0.326. The average molecular weight is 238 g/mol. The van der Waals surface area contributed by atoms with Crippen LogP contribution >= 0.6 is 0 Å². The first-order chi connectivity index (χ1) is 6.78. The van der Waals surface area contributed by atoms with Gasteiger partial charge in [-0.2, -0.15) is 0 Å². The number of nitrogens with one attached hydrogen (secondary N) is 1. The van der Waals surface area contributed by atoms with Gasteiger partial charge in [-0.15, -0.1) is 0 Å². The summed E-state index contributed by atoms with van der Waals surface area (Å²) in [5, 5.41) is 8.67. The molecule has 0 saturated heterocycles. The van der Waals surface area contributed by atoms with Crippen LogP contribution < -0.4 is 10.5 Å². The second-order valence-electron chi connectivity index (χ2n) is 2.92. The zero-order chi connectivity index (χ0) is 12.1. The van der Waals surface area contributed by atoms with Crippen molar-refractivity contribution in [3.05, 3.63) is 0 Å². The largest absolute Gasteiger partial charge is 0.480 e. The van der Waals surface area contributed by atoms with E-state index in [9.17, 15) is 18.0 Å². The molecule has 0 fully saturated rings. The highest BCUT2D eigenvalue weighted by molar-refractivity contribution is 7.89. The minimum absolute atomic E-state index is 0.149. The molecule has 0 aromatic heterocycles. The summed E-state index contributed by atoms with van der Waals surface area (Å²) >= 11 is 0. The first-order valence-corrected chi connectivity index (χ1v) is 5.95. The van der Waals surface area contributed by atoms with E-state index in [1.165, 1.54) is 6.92 Å². The summed E-state index contributed by atoms with van der Waals surface area (Å²) in [5.74, 6) is -2.21. The second-order valence-corrected chi connectivity index (χ2v) is 4.96. The third kappa shape index (κ3) is 6.02. The smallest absolute Gasteiger partial charge is 0.321 e. The topological polar surface area (TPSA) is 127 Å². The van der Waals surface area contributed by atoms with Gasteiger partial charge in [0.2, 0.25) is 15.9 Å². The summed E-state index contributed by atoms with van der Waals surface area (Å²) in [5.41, 5.74) is 4.83. The van der Waals surface area contributed by atoms with Gasteiger partial charge in [0.25, 0.3) is 0 Å². The number of carboxylic acids is 1. The van der Waals surface area contributed by atoms with Gasteiger partial charge in [-0.3, -0.25) is 9.59 Å². The number of aliphatic carboxylic acids is 1. The van der Waals surface area contributed by atoms with Crippen molar-refractivity contribution >= 4 is 21.9 Å². The van der Waals surface area contributed by atoms with Crippen LogP contribution in [-0.4, -0.2) is 37.2 Å². The summed E-state index contributed by atoms with van der Waals surface area (Å²) < 4.78 is 24.1. The Bertz CT molecular complexity index is 337. The maximum Gasteiger partial charge on any atom is 0.321 e. The van der Waals surface area contributed by atoms with Gasteiger partial charge >= 0.3 is 5.97 Å². The fourth-order valence-corrected chi connectivity index (χ4v) is 1.64. The lowest BCUT2D eigenvalue weighted by atomic mass is 10.2. The van der Waals surface area contributed by atoms with Crippen LogP contribution in [0.25, 0.3) is 0 Å². The zero-order valence-electron chi connectivity index (χ0n) is 8.26. The number of carboxylic acid groups (broad SMARTS) is 1. The van der Waals surface area contributed by atoms with Gasteiger partial charge in [0.1, 0.15) is 6.04 Å². The van der Waals surface area contributed by atoms with Crippen LogP contribution in [-0.2, 0) is 19.6 Å². The monoisotopic (exact) mass is 238 g/mol. The van der Waals surface area contributed by atoms with Gasteiger partial charge < -0.3 is 10.8 Å². The molecule has 88 valence electrons. The summed E-state index contributed by atoms with van der Waals surface area (Å²) in [6, 6.07) is -1.30. The van der Waals surface area contributed by atoms with Crippen LogP contribution in [0.5, 0.6) is 0 Å². The summed E-state index contributed by atoms with van der Waals surface area (Å²) in [6.45, 7) is 1.38. The second kappa shape index (κ2) is 5.66. The zero-order valence-corrected chi connectivity index (χ0v) is 9.08.